The van der Waals surface area contributed by atoms with Gasteiger partial charge in [0.05, 0.1) is 49.8 Å². The van der Waals surface area contributed by atoms with E-state index in [-0.39, 0.29) is 0 Å². The zero-order chi connectivity index (χ0) is 37.6. The molecular formula is C54H32N4. The minimum Gasteiger partial charge on any atom is -0.310 e. The van der Waals surface area contributed by atoms with Gasteiger partial charge in [-0.15, -0.1) is 0 Å². The number of fused-ring (bicyclic) bond motifs is 16. The topological polar surface area (TPSA) is 17.0 Å². The molecule has 0 aliphatic rings. The van der Waals surface area contributed by atoms with Crippen molar-refractivity contribution >= 4 is 115 Å². The average Bonchev–Trinajstić information content (AvgIpc) is 4.07. The molecular weight excluding hydrogens is 705 g/mol. The van der Waals surface area contributed by atoms with Crippen molar-refractivity contribution in [3.8, 4) is 5.69 Å². The molecule has 0 bridgehead atoms. The van der Waals surface area contributed by atoms with Crippen molar-refractivity contribution in [3.63, 3.8) is 0 Å². The smallest absolute Gasteiger partial charge is 0.0641 e. The Morgan fingerprint density at radius 3 is 1.52 bits per heavy atom. The van der Waals surface area contributed by atoms with Gasteiger partial charge in [-0.25, -0.2) is 0 Å². The molecule has 0 unspecified atom stereocenters. The van der Waals surface area contributed by atoms with E-state index in [1.54, 1.807) is 0 Å². The van der Waals surface area contributed by atoms with Gasteiger partial charge in [-0.3, -0.25) is 0 Å². The Balaban J connectivity index is 1.18. The van der Waals surface area contributed by atoms with Crippen molar-refractivity contribution in [1.29, 1.82) is 0 Å². The van der Waals surface area contributed by atoms with Gasteiger partial charge in [0.2, 0.25) is 0 Å². The highest BCUT2D eigenvalue weighted by Crippen LogP contribution is 2.52. The maximum absolute atomic E-state index is 2.56. The lowest BCUT2D eigenvalue weighted by molar-refractivity contribution is 1.18. The molecule has 58 heavy (non-hydrogen) atoms. The van der Waals surface area contributed by atoms with Crippen molar-refractivity contribution in [3.05, 3.63) is 194 Å². The van der Waals surface area contributed by atoms with Gasteiger partial charge in [0.25, 0.3) is 0 Å². The van der Waals surface area contributed by atoms with Gasteiger partial charge in [0.15, 0.2) is 0 Å². The van der Waals surface area contributed by atoms with Crippen molar-refractivity contribution in [1.82, 2.24) is 13.4 Å². The largest absolute Gasteiger partial charge is 0.310 e. The summed E-state index contributed by atoms with van der Waals surface area (Å²) in [5.74, 6) is 0. The van der Waals surface area contributed by atoms with Crippen molar-refractivity contribution in [2.24, 2.45) is 0 Å². The minimum absolute atomic E-state index is 1.13. The zero-order valence-corrected chi connectivity index (χ0v) is 31.3. The zero-order valence-electron chi connectivity index (χ0n) is 31.3. The summed E-state index contributed by atoms with van der Waals surface area (Å²) in [5, 5.41) is 12.8. The molecule has 0 fully saturated rings. The van der Waals surface area contributed by atoms with E-state index >= 15 is 0 Å². The third kappa shape index (κ3) is 3.70. The lowest BCUT2D eigenvalue weighted by atomic mass is 9.99. The van der Waals surface area contributed by atoms with Gasteiger partial charge in [-0.05, 0) is 78.9 Å². The molecule has 5 heterocycles. The molecule has 5 aromatic heterocycles. The van der Waals surface area contributed by atoms with E-state index < -0.39 is 0 Å². The number of hydrogen-bond acceptors (Lipinski definition) is 1. The summed E-state index contributed by atoms with van der Waals surface area (Å²) >= 11 is 0. The van der Waals surface area contributed by atoms with E-state index in [0.717, 1.165) is 11.4 Å². The maximum atomic E-state index is 2.56. The monoisotopic (exact) mass is 736 g/mol. The summed E-state index contributed by atoms with van der Waals surface area (Å²) in [6.07, 6.45) is 0. The first-order valence-electron chi connectivity index (χ1n) is 20.0. The molecule has 0 aliphatic carbocycles. The second-order valence-electron chi connectivity index (χ2n) is 15.7. The van der Waals surface area contributed by atoms with Crippen LogP contribution in [0.15, 0.2) is 194 Å². The summed E-state index contributed by atoms with van der Waals surface area (Å²) in [7, 11) is 0. The Morgan fingerprint density at radius 2 is 0.828 bits per heavy atom. The fourth-order valence-corrected chi connectivity index (χ4v) is 10.6. The molecule has 0 amide bonds. The lowest BCUT2D eigenvalue weighted by Crippen LogP contribution is -2.10. The van der Waals surface area contributed by atoms with E-state index in [1.807, 2.05) is 0 Å². The van der Waals surface area contributed by atoms with Gasteiger partial charge in [-0.1, -0.05) is 115 Å². The Labute approximate surface area is 331 Å². The van der Waals surface area contributed by atoms with Crippen LogP contribution in [0.25, 0.3) is 104 Å². The van der Waals surface area contributed by atoms with Gasteiger partial charge in [-0.2, -0.15) is 0 Å². The molecule has 0 aliphatic heterocycles. The normalized spacial score (nSPS) is 12.5. The molecule has 4 heteroatoms. The fourth-order valence-electron chi connectivity index (χ4n) is 10.6. The molecule has 268 valence electrons. The van der Waals surface area contributed by atoms with Crippen molar-refractivity contribution < 1.29 is 0 Å². The van der Waals surface area contributed by atoms with Crippen LogP contribution in [-0.4, -0.2) is 13.4 Å². The van der Waals surface area contributed by atoms with Crippen LogP contribution >= 0.6 is 0 Å². The molecule has 9 aromatic carbocycles. The number of nitrogens with zero attached hydrogens (tertiary/aromatic N) is 4. The average molecular weight is 737 g/mol. The van der Waals surface area contributed by atoms with E-state index in [2.05, 4.69) is 212 Å². The summed E-state index contributed by atoms with van der Waals surface area (Å²) < 4.78 is 7.54. The molecule has 0 spiro atoms. The Kier molecular flexibility index (Phi) is 5.73. The number of benzene rings is 9. The Morgan fingerprint density at radius 1 is 0.293 bits per heavy atom. The third-order valence-electron chi connectivity index (χ3n) is 12.8. The van der Waals surface area contributed by atoms with Crippen molar-refractivity contribution in [2.45, 2.75) is 0 Å². The van der Waals surface area contributed by atoms with E-state index in [9.17, 15) is 0 Å². The van der Waals surface area contributed by atoms with Crippen LogP contribution in [0.2, 0.25) is 0 Å². The molecule has 4 nitrogen and oxygen atoms in total. The van der Waals surface area contributed by atoms with E-state index in [4.69, 9.17) is 0 Å². The first-order chi connectivity index (χ1) is 28.8. The number of rotatable bonds is 4. The second kappa shape index (κ2) is 10.9. The van der Waals surface area contributed by atoms with Crippen LogP contribution < -0.4 is 4.90 Å². The number of aromatic nitrogens is 3. The molecule has 0 saturated carbocycles. The van der Waals surface area contributed by atoms with Crippen LogP contribution in [0.1, 0.15) is 0 Å². The third-order valence-corrected chi connectivity index (χ3v) is 12.8. The molecule has 0 atom stereocenters. The van der Waals surface area contributed by atoms with Crippen LogP contribution in [0, 0.1) is 0 Å². The van der Waals surface area contributed by atoms with E-state index in [1.165, 1.54) is 109 Å². The highest BCUT2D eigenvalue weighted by Gasteiger charge is 2.28. The highest BCUT2D eigenvalue weighted by molar-refractivity contribution is 6.39. The quantitative estimate of drug-likeness (QED) is 0.176. The summed E-state index contributed by atoms with van der Waals surface area (Å²) in [5.41, 5.74) is 14.5. The first kappa shape index (κ1) is 30.4. The van der Waals surface area contributed by atoms with Gasteiger partial charge in [0.1, 0.15) is 0 Å². The molecule has 14 rings (SSSR count). The molecule has 14 aromatic rings. The van der Waals surface area contributed by atoms with Crippen LogP contribution in [-0.2, 0) is 0 Å². The predicted octanol–water partition coefficient (Wildman–Crippen LogP) is 14.6. The van der Waals surface area contributed by atoms with E-state index in [0.29, 0.717) is 0 Å². The fraction of sp³-hybridized carbons (Fsp3) is 0. The maximum Gasteiger partial charge on any atom is 0.0641 e. The van der Waals surface area contributed by atoms with Gasteiger partial charge >= 0.3 is 0 Å². The molecule has 0 radical (unpaired) electrons. The van der Waals surface area contributed by atoms with Crippen LogP contribution in [0.3, 0.4) is 0 Å². The van der Waals surface area contributed by atoms with Gasteiger partial charge < -0.3 is 18.3 Å². The molecule has 0 saturated heterocycles. The molecule has 0 N–H and O–H groups in total. The summed E-state index contributed by atoms with van der Waals surface area (Å²) in [6.45, 7) is 0. The lowest BCUT2D eigenvalue weighted by Gasteiger charge is -2.26. The Bertz CT molecular complexity index is 3910. The Hall–Kier alpha value is -7.82. The predicted molar refractivity (Wildman–Crippen MR) is 245 cm³/mol. The summed E-state index contributed by atoms with van der Waals surface area (Å²) in [6, 6.07) is 71.3. The second-order valence-corrected chi connectivity index (χ2v) is 15.7. The SMILES string of the molecule is c1ccc(N(c2ccccc2)c2ccc3c4c5c6ccccc6n6c7cc8c(cc7c(cc4n4c7ccccc7c2c34)c56)c2ccccc2n8-c2ccccc2)cc1. The van der Waals surface area contributed by atoms with Crippen LogP contribution in [0.5, 0.6) is 0 Å². The summed E-state index contributed by atoms with van der Waals surface area (Å²) in [4.78, 5) is 2.42. The van der Waals surface area contributed by atoms with Crippen molar-refractivity contribution in [2.75, 3.05) is 4.90 Å². The number of hydrogen-bond donors (Lipinski definition) is 0. The number of para-hydroxylation sites is 6. The minimum atomic E-state index is 1.13. The highest BCUT2D eigenvalue weighted by atomic mass is 15.1. The number of anilines is 3. The van der Waals surface area contributed by atoms with Crippen LogP contribution in [0.4, 0.5) is 17.1 Å². The standard InChI is InChI=1S/C54H32N4/c1-4-16-33(17-5-1)55(34-18-6-2-7-19-34)46-29-28-39-50-49(58-44-26-14-11-23-37(44)51(46)53(39)58)31-42-41-30-40-36-22-10-13-25-43(36)56(35-20-8-3-9-21-35)47(40)32-48(41)57-45-27-15-12-24-38(45)52(50)54(42)57/h1-32H. The van der Waals surface area contributed by atoms with Gasteiger partial charge in [0, 0.05) is 70.9 Å². The first-order valence-corrected chi connectivity index (χ1v) is 20.0.